The van der Waals surface area contributed by atoms with Gasteiger partial charge in [-0.25, -0.2) is 0 Å². The molecular weight excluding hydrogens is 499 g/mol. The van der Waals surface area contributed by atoms with Crippen molar-refractivity contribution in [1.29, 1.82) is 0 Å². The predicted molar refractivity (Wildman–Crippen MR) is 144 cm³/mol. The van der Waals surface area contributed by atoms with Crippen molar-refractivity contribution in [3.63, 3.8) is 0 Å². The summed E-state index contributed by atoms with van der Waals surface area (Å²) >= 11 is 4.56. The number of para-hydroxylation sites is 1. The van der Waals surface area contributed by atoms with Gasteiger partial charge in [-0.15, -0.1) is 12.6 Å². The normalized spacial score (nSPS) is 12.8. The van der Waals surface area contributed by atoms with Crippen molar-refractivity contribution in [3.8, 4) is 0 Å². The second-order valence-electron chi connectivity index (χ2n) is 8.34. The van der Waals surface area contributed by atoms with E-state index in [1.165, 1.54) is 19.1 Å². The van der Waals surface area contributed by atoms with E-state index in [1.54, 1.807) is 38.2 Å². The first-order valence-corrected chi connectivity index (χ1v) is 11.9. The molecule has 0 saturated carbocycles. The summed E-state index contributed by atoms with van der Waals surface area (Å²) in [6.45, 7) is 3.05. The molecule has 37 heavy (non-hydrogen) atoms. The molecule has 1 atom stereocenters. The molecule has 0 aliphatic heterocycles. The first kappa shape index (κ1) is 27.9. The number of amides is 2. The third-order valence-electron chi connectivity index (χ3n) is 5.76. The van der Waals surface area contributed by atoms with E-state index in [1.807, 2.05) is 30.3 Å². The standard InChI is InChI=1S/C28H28F3N3O2S/c1-18(37)25(23-14-7-8-15-24(23)32-3)26(27(36)33-17-20-10-5-4-6-11-20)34(19(2)35)22-13-9-12-21(16-22)28(29,30)31/h4-16,26,32,37H,17H2,1-3H3,(H,33,36)/b25-18-. The Labute approximate surface area is 219 Å². The summed E-state index contributed by atoms with van der Waals surface area (Å²) in [4.78, 5) is 28.4. The van der Waals surface area contributed by atoms with Crippen LogP contribution in [0.2, 0.25) is 0 Å². The van der Waals surface area contributed by atoms with Gasteiger partial charge in [-0.3, -0.25) is 14.5 Å². The van der Waals surface area contributed by atoms with Gasteiger partial charge in [0, 0.05) is 43.0 Å². The molecule has 0 heterocycles. The Bertz CT molecular complexity index is 1290. The lowest BCUT2D eigenvalue weighted by Crippen LogP contribution is -2.50. The minimum absolute atomic E-state index is 0.0591. The number of halogens is 3. The zero-order valence-electron chi connectivity index (χ0n) is 20.6. The zero-order valence-corrected chi connectivity index (χ0v) is 21.5. The number of carbonyl (C=O) groups excluding carboxylic acids is 2. The molecule has 0 radical (unpaired) electrons. The number of alkyl halides is 3. The first-order valence-electron chi connectivity index (χ1n) is 11.5. The van der Waals surface area contributed by atoms with E-state index in [0.717, 1.165) is 22.6 Å². The van der Waals surface area contributed by atoms with E-state index < -0.39 is 29.6 Å². The van der Waals surface area contributed by atoms with E-state index in [9.17, 15) is 22.8 Å². The average Bonchev–Trinajstić information content (AvgIpc) is 2.87. The smallest absolute Gasteiger partial charge is 0.388 e. The lowest BCUT2D eigenvalue weighted by molar-refractivity contribution is -0.137. The van der Waals surface area contributed by atoms with Crippen molar-refractivity contribution >= 4 is 41.4 Å². The summed E-state index contributed by atoms with van der Waals surface area (Å²) in [5.41, 5.74) is 1.48. The van der Waals surface area contributed by atoms with Crippen LogP contribution in [0.15, 0.2) is 83.8 Å². The molecule has 0 aliphatic rings. The summed E-state index contributed by atoms with van der Waals surface area (Å²) in [5.74, 6) is -1.17. The van der Waals surface area contributed by atoms with Gasteiger partial charge >= 0.3 is 6.18 Å². The van der Waals surface area contributed by atoms with Gasteiger partial charge in [0.05, 0.1) is 5.56 Å². The molecule has 3 rings (SSSR count). The number of anilines is 2. The minimum Gasteiger partial charge on any atom is -0.388 e. The van der Waals surface area contributed by atoms with Gasteiger partial charge in [0.1, 0.15) is 6.04 Å². The fourth-order valence-electron chi connectivity index (χ4n) is 4.08. The molecule has 0 aliphatic carbocycles. The van der Waals surface area contributed by atoms with E-state index in [4.69, 9.17) is 0 Å². The maximum Gasteiger partial charge on any atom is 0.416 e. The topological polar surface area (TPSA) is 61.4 Å². The van der Waals surface area contributed by atoms with Gasteiger partial charge < -0.3 is 10.6 Å². The first-order chi connectivity index (χ1) is 17.5. The van der Waals surface area contributed by atoms with Gasteiger partial charge in [-0.1, -0.05) is 54.6 Å². The van der Waals surface area contributed by atoms with Crippen LogP contribution in [-0.2, 0) is 22.3 Å². The van der Waals surface area contributed by atoms with Gasteiger partial charge in [-0.05, 0) is 41.7 Å². The third kappa shape index (κ3) is 6.74. The van der Waals surface area contributed by atoms with Crippen molar-refractivity contribution in [2.45, 2.75) is 32.6 Å². The van der Waals surface area contributed by atoms with Crippen molar-refractivity contribution in [2.24, 2.45) is 0 Å². The number of nitrogens with zero attached hydrogens (tertiary/aromatic N) is 1. The molecule has 0 fully saturated rings. The lowest BCUT2D eigenvalue weighted by Gasteiger charge is -2.33. The molecule has 3 aromatic carbocycles. The highest BCUT2D eigenvalue weighted by molar-refractivity contribution is 7.84. The van der Waals surface area contributed by atoms with Crippen LogP contribution in [0, 0.1) is 0 Å². The van der Waals surface area contributed by atoms with Crippen LogP contribution >= 0.6 is 12.6 Å². The fourth-order valence-corrected chi connectivity index (χ4v) is 4.32. The van der Waals surface area contributed by atoms with Gasteiger partial charge in [0.25, 0.3) is 0 Å². The van der Waals surface area contributed by atoms with Crippen LogP contribution in [0.4, 0.5) is 24.5 Å². The number of thiol groups is 1. The number of hydrogen-bond acceptors (Lipinski definition) is 4. The fraction of sp³-hybridized carbons (Fsp3) is 0.214. The molecule has 0 saturated heterocycles. The molecule has 5 nitrogen and oxygen atoms in total. The maximum atomic E-state index is 13.8. The molecule has 194 valence electrons. The molecule has 2 N–H and O–H groups in total. The van der Waals surface area contributed by atoms with E-state index in [-0.39, 0.29) is 12.2 Å². The van der Waals surface area contributed by atoms with E-state index in [0.29, 0.717) is 21.7 Å². The molecular formula is C28H28F3N3O2S. The maximum absolute atomic E-state index is 13.8. The number of carbonyl (C=O) groups is 2. The van der Waals surface area contributed by atoms with Crippen LogP contribution in [0.1, 0.15) is 30.5 Å². The van der Waals surface area contributed by atoms with Gasteiger partial charge in [-0.2, -0.15) is 13.2 Å². The Balaban J connectivity index is 2.20. The van der Waals surface area contributed by atoms with Crippen LogP contribution in [0.5, 0.6) is 0 Å². The Morgan fingerprint density at radius 2 is 1.59 bits per heavy atom. The molecule has 9 heteroatoms. The van der Waals surface area contributed by atoms with Crippen molar-refractivity contribution in [1.82, 2.24) is 5.32 Å². The largest absolute Gasteiger partial charge is 0.416 e. The Morgan fingerprint density at radius 1 is 0.946 bits per heavy atom. The van der Waals surface area contributed by atoms with Crippen LogP contribution < -0.4 is 15.5 Å². The molecule has 3 aromatic rings. The average molecular weight is 528 g/mol. The molecule has 0 aromatic heterocycles. The van der Waals surface area contributed by atoms with Crippen molar-refractivity contribution in [2.75, 3.05) is 17.3 Å². The summed E-state index contributed by atoms with van der Waals surface area (Å²) in [6.07, 6.45) is -4.62. The van der Waals surface area contributed by atoms with Gasteiger partial charge in [0.2, 0.25) is 11.8 Å². The Hall–Kier alpha value is -3.72. The number of nitrogens with one attached hydrogen (secondary N) is 2. The summed E-state index contributed by atoms with van der Waals surface area (Å²) in [7, 11) is 1.71. The minimum atomic E-state index is -4.62. The lowest BCUT2D eigenvalue weighted by atomic mass is 9.93. The molecule has 0 spiro atoms. The number of allylic oxidation sites excluding steroid dienone is 1. The summed E-state index contributed by atoms with van der Waals surface area (Å²) < 4.78 is 40.6. The predicted octanol–water partition coefficient (Wildman–Crippen LogP) is 6.15. The summed E-state index contributed by atoms with van der Waals surface area (Å²) in [6, 6.07) is 19.4. The van der Waals surface area contributed by atoms with Crippen LogP contribution in [0.3, 0.4) is 0 Å². The van der Waals surface area contributed by atoms with Crippen molar-refractivity contribution < 1.29 is 22.8 Å². The van der Waals surface area contributed by atoms with Gasteiger partial charge in [0.15, 0.2) is 0 Å². The highest BCUT2D eigenvalue weighted by Gasteiger charge is 2.37. The zero-order chi connectivity index (χ0) is 27.2. The van der Waals surface area contributed by atoms with Crippen molar-refractivity contribution in [3.05, 3.63) is 100 Å². The van der Waals surface area contributed by atoms with E-state index >= 15 is 0 Å². The Morgan fingerprint density at radius 3 is 2.19 bits per heavy atom. The SMILES string of the molecule is CNc1ccccc1/C(=C(\C)S)C(C(=O)NCc1ccccc1)N(C(C)=O)c1cccc(C(F)(F)F)c1. The number of rotatable bonds is 8. The number of benzene rings is 3. The third-order valence-corrected chi connectivity index (χ3v) is 6.00. The number of hydrogen-bond donors (Lipinski definition) is 3. The monoisotopic (exact) mass is 527 g/mol. The Kier molecular flexibility index (Phi) is 9.04. The van der Waals surface area contributed by atoms with Crippen LogP contribution in [-0.4, -0.2) is 24.9 Å². The summed E-state index contributed by atoms with van der Waals surface area (Å²) in [5, 5.41) is 5.92. The van der Waals surface area contributed by atoms with E-state index in [2.05, 4.69) is 23.3 Å². The van der Waals surface area contributed by atoms with Crippen LogP contribution in [0.25, 0.3) is 5.57 Å². The second-order valence-corrected chi connectivity index (χ2v) is 9.01. The quantitative estimate of drug-likeness (QED) is 0.308. The molecule has 1 unspecified atom stereocenters. The highest BCUT2D eigenvalue weighted by atomic mass is 32.1. The second kappa shape index (κ2) is 12.0. The molecule has 0 bridgehead atoms. The molecule has 2 amide bonds. The highest BCUT2D eigenvalue weighted by Crippen LogP contribution is 2.37.